The molecule has 2 rings (SSSR count). The molecule has 1 unspecified atom stereocenters. The molecule has 2 fully saturated rings. The molecule has 1 atom stereocenters. The first-order chi connectivity index (χ1) is 6.25. The van der Waals surface area contributed by atoms with E-state index in [4.69, 9.17) is 5.11 Å². The zero-order valence-electron chi connectivity index (χ0n) is 7.75. The molecule has 74 valence electrons. The summed E-state index contributed by atoms with van der Waals surface area (Å²) >= 11 is 0. The average Bonchev–Trinajstić information content (AvgIpc) is 2.54. The van der Waals surface area contributed by atoms with Crippen LogP contribution in [0.3, 0.4) is 0 Å². The average molecular weight is 184 g/mol. The molecule has 2 saturated heterocycles. The lowest BCUT2D eigenvalue weighted by Gasteiger charge is -2.42. The summed E-state index contributed by atoms with van der Waals surface area (Å²) in [6.07, 6.45) is 3.47. The van der Waals surface area contributed by atoms with E-state index in [-0.39, 0.29) is 5.54 Å². The maximum absolute atomic E-state index is 11.0. The number of piperidine rings is 1. The molecule has 1 amide bonds. The van der Waals surface area contributed by atoms with Gasteiger partial charge in [0.2, 0.25) is 0 Å². The Hall–Kier alpha value is -0.770. The van der Waals surface area contributed by atoms with Gasteiger partial charge in [-0.3, -0.25) is 0 Å². The van der Waals surface area contributed by atoms with Crippen LogP contribution in [-0.4, -0.2) is 41.3 Å². The lowest BCUT2D eigenvalue weighted by atomic mass is 9.86. The summed E-state index contributed by atoms with van der Waals surface area (Å²) in [6, 6.07) is 0. The van der Waals surface area contributed by atoms with Gasteiger partial charge in [0.05, 0.1) is 5.54 Å². The van der Waals surface area contributed by atoms with Crippen molar-refractivity contribution in [2.24, 2.45) is 0 Å². The zero-order chi connectivity index (χ0) is 9.31. The van der Waals surface area contributed by atoms with Crippen molar-refractivity contribution in [2.75, 3.05) is 19.6 Å². The van der Waals surface area contributed by atoms with Crippen molar-refractivity contribution in [1.82, 2.24) is 10.2 Å². The fourth-order valence-electron chi connectivity index (χ4n) is 2.57. The second kappa shape index (κ2) is 3.18. The van der Waals surface area contributed by atoms with Crippen molar-refractivity contribution in [3.63, 3.8) is 0 Å². The SMILES string of the molecule is O=C(O)N1CCCCC12CCNC2. The van der Waals surface area contributed by atoms with Gasteiger partial charge in [-0.2, -0.15) is 0 Å². The Labute approximate surface area is 77.9 Å². The molecule has 2 aliphatic heterocycles. The number of rotatable bonds is 0. The summed E-state index contributed by atoms with van der Waals surface area (Å²) in [6.45, 7) is 2.53. The highest BCUT2D eigenvalue weighted by Crippen LogP contribution is 2.33. The van der Waals surface area contributed by atoms with Crippen LogP contribution in [0.4, 0.5) is 4.79 Å². The van der Waals surface area contributed by atoms with Crippen LogP contribution < -0.4 is 5.32 Å². The van der Waals surface area contributed by atoms with Crippen molar-refractivity contribution in [1.29, 1.82) is 0 Å². The largest absolute Gasteiger partial charge is 0.465 e. The molecule has 2 aliphatic rings. The summed E-state index contributed by atoms with van der Waals surface area (Å²) in [5.74, 6) is 0. The normalized spacial score (nSPS) is 34.0. The smallest absolute Gasteiger partial charge is 0.407 e. The zero-order valence-corrected chi connectivity index (χ0v) is 7.75. The van der Waals surface area contributed by atoms with Gasteiger partial charge in [-0.1, -0.05) is 0 Å². The second-order valence-corrected chi connectivity index (χ2v) is 4.04. The number of nitrogens with zero attached hydrogens (tertiary/aromatic N) is 1. The topological polar surface area (TPSA) is 52.6 Å². The van der Waals surface area contributed by atoms with Gasteiger partial charge in [0.25, 0.3) is 0 Å². The number of hydrogen-bond acceptors (Lipinski definition) is 2. The van der Waals surface area contributed by atoms with E-state index in [1.54, 1.807) is 4.90 Å². The molecule has 2 N–H and O–H groups in total. The second-order valence-electron chi connectivity index (χ2n) is 4.04. The van der Waals surface area contributed by atoms with Crippen molar-refractivity contribution >= 4 is 6.09 Å². The molecule has 0 saturated carbocycles. The Balaban J connectivity index is 2.16. The molecule has 0 aliphatic carbocycles. The van der Waals surface area contributed by atoms with Gasteiger partial charge in [0.1, 0.15) is 0 Å². The summed E-state index contributed by atoms with van der Waals surface area (Å²) in [5, 5.41) is 12.3. The summed E-state index contributed by atoms with van der Waals surface area (Å²) in [5.41, 5.74) is -0.0654. The maximum atomic E-state index is 11.0. The molecular formula is C9H16N2O2. The number of amides is 1. The fraction of sp³-hybridized carbons (Fsp3) is 0.889. The van der Waals surface area contributed by atoms with Gasteiger partial charge in [-0.05, 0) is 32.2 Å². The monoisotopic (exact) mass is 184 g/mol. The van der Waals surface area contributed by atoms with Crippen molar-refractivity contribution in [3.8, 4) is 0 Å². The number of carboxylic acid groups (broad SMARTS) is 1. The molecule has 13 heavy (non-hydrogen) atoms. The molecule has 0 radical (unpaired) electrons. The molecular weight excluding hydrogens is 168 g/mol. The molecule has 2 heterocycles. The highest BCUT2D eigenvalue weighted by Gasteiger charge is 2.43. The highest BCUT2D eigenvalue weighted by atomic mass is 16.4. The van der Waals surface area contributed by atoms with E-state index in [1.165, 1.54) is 6.42 Å². The first-order valence-electron chi connectivity index (χ1n) is 4.96. The van der Waals surface area contributed by atoms with E-state index in [2.05, 4.69) is 5.32 Å². The third kappa shape index (κ3) is 1.39. The third-order valence-electron chi connectivity index (χ3n) is 3.30. The van der Waals surface area contributed by atoms with Gasteiger partial charge in [-0.25, -0.2) is 4.79 Å². The molecule has 0 aromatic heterocycles. The van der Waals surface area contributed by atoms with E-state index >= 15 is 0 Å². The Morgan fingerprint density at radius 1 is 1.38 bits per heavy atom. The Morgan fingerprint density at radius 3 is 2.85 bits per heavy atom. The van der Waals surface area contributed by atoms with Crippen molar-refractivity contribution < 1.29 is 9.90 Å². The van der Waals surface area contributed by atoms with Crippen LogP contribution in [-0.2, 0) is 0 Å². The summed E-state index contributed by atoms with van der Waals surface area (Å²) in [4.78, 5) is 12.7. The first kappa shape index (κ1) is 8.81. The molecule has 0 aromatic carbocycles. The van der Waals surface area contributed by atoms with E-state index in [9.17, 15) is 4.79 Å². The van der Waals surface area contributed by atoms with Gasteiger partial charge in [0, 0.05) is 13.1 Å². The van der Waals surface area contributed by atoms with Crippen LogP contribution in [0.5, 0.6) is 0 Å². The standard InChI is InChI=1S/C9H16N2O2/c12-8(13)11-6-2-1-3-9(11)4-5-10-7-9/h10H,1-7H2,(H,12,13). The van der Waals surface area contributed by atoms with Gasteiger partial charge in [0.15, 0.2) is 0 Å². The van der Waals surface area contributed by atoms with Crippen LogP contribution in [0.1, 0.15) is 25.7 Å². The lowest BCUT2D eigenvalue weighted by molar-refractivity contribution is 0.0583. The highest BCUT2D eigenvalue weighted by molar-refractivity contribution is 5.66. The van der Waals surface area contributed by atoms with Crippen LogP contribution in [0.2, 0.25) is 0 Å². The Kier molecular flexibility index (Phi) is 2.15. The predicted molar refractivity (Wildman–Crippen MR) is 48.8 cm³/mol. The minimum atomic E-state index is -0.747. The van der Waals surface area contributed by atoms with Crippen LogP contribution in [0.25, 0.3) is 0 Å². The van der Waals surface area contributed by atoms with Crippen LogP contribution in [0, 0.1) is 0 Å². The number of hydrogen-bond donors (Lipinski definition) is 2. The van der Waals surface area contributed by atoms with Crippen molar-refractivity contribution in [3.05, 3.63) is 0 Å². The van der Waals surface area contributed by atoms with Crippen molar-refractivity contribution in [2.45, 2.75) is 31.2 Å². The van der Waals surface area contributed by atoms with E-state index in [0.717, 1.165) is 38.9 Å². The summed E-state index contributed by atoms with van der Waals surface area (Å²) < 4.78 is 0. The molecule has 0 aromatic rings. The lowest BCUT2D eigenvalue weighted by Crippen LogP contribution is -2.55. The van der Waals surface area contributed by atoms with Gasteiger partial charge in [-0.15, -0.1) is 0 Å². The number of likely N-dealkylation sites (tertiary alicyclic amines) is 1. The molecule has 1 spiro atoms. The molecule has 4 nitrogen and oxygen atoms in total. The van der Waals surface area contributed by atoms with Crippen LogP contribution >= 0.6 is 0 Å². The van der Waals surface area contributed by atoms with Gasteiger partial charge >= 0.3 is 6.09 Å². The minimum absolute atomic E-state index is 0.0654. The summed E-state index contributed by atoms with van der Waals surface area (Å²) in [7, 11) is 0. The fourth-order valence-corrected chi connectivity index (χ4v) is 2.57. The third-order valence-corrected chi connectivity index (χ3v) is 3.30. The number of nitrogens with one attached hydrogen (secondary N) is 1. The quantitative estimate of drug-likeness (QED) is 0.587. The van der Waals surface area contributed by atoms with E-state index < -0.39 is 6.09 Å². The Bertz CT molecular complexity index is 212. The Morgan fingerprint density at radius 2 is 2.23 bits per heavy atom. The van der Waals surface area contributed by atoms with E-state index in [0.29, 0.717) is 0 Å². The molecule has 4 heteroatoms. The van der Waals surface area contributed by atoms with Crippen LogP contribution in [0.15, 0.2) is 0 Å². The predicted octanol–water partition coefficient (Wildman–Crippen LogP) is 0.882. The minimum Gasteiger partial charge on any atom is -0.465 e. The van der Waals surface area contributed by atoms with Gasteiger partial charge < -0.3 is 15.3 Å². The first-order valence-corrected chi connectivity index (χ1v) is 4.96. The number of carbonyl (C=O) groups is 1. The molecule has 0 bridgehead atoms. The maximum Gasteiger partial charge on any atom is 0.407 e. The van der Waals surface area contributed by atoms with E-state index in [1.807, 2.05) is 0 Å².